The molecule has 2 N–H and O–H groups in total. The summed E-state index contributed by atoms with van der Waals surface area (Å²) in [5.74, 6) is 2.22. The molecule has 1 aromatic heterocycles. The van der Waals surface area contributed by atoms with E-state index in [2.05, 4.69) is 12.1 Å². The van der Waals surface area contributed by atoms with Crippen molar-refractivity contribution in [2.45, 2.75) is 30.0 Å². The molecule has 2 heterocycles. The van der Waals surface area contributed by atoms with Gasteiger partial charge in [-0.05, 0) is 25.0 Å². The lowest BCUT2D eigenvalue weighted by molar-refractivity contribution is -0.910. The number of aromatic nitrogens is 3. The Bertz CT molecular complexity index is 684. The minimum atomic E-state index is -0.342. The Labute approximate surface area is 152 Å². The summed E-state index contributed by atoms with van der Waals surface area (Å²) in [6, 6.07) is 10.2. The molecule has 4 rings (SSSR count). The van der Waals surface area contributed by atoms with Gasteiger partial charge in [-0.25, -0.2) is 9.67 Å². The van der Waals surface area contributed by atoms with Gasteiger partial charge in [0.25, 0.3) is 0 Å². The summed E-state index contributed by atoms with van der Waals surface area (Å²) in [7, 11) is 0. The highest BCUT2D eigenvalue weighted by molar-refractivity contribution is 7.99. The van der Waals surface area contributed by atoms with E-state index in [9.17, 15) is 5.11 Å². The smallest absolute Gasteiger partial charge is 0.209 e. The number of benzene rings is 1. The van der Waals surface area contributed by atoms with Crippen molar-refractivity contribution in [1.29, 1.82) is 0 Å². The first kappa shape index (κ1) is 17.0. The van der Waals surface area contributed by atoms with Crippen LogP contribution in [0.5, 0.6) is 0 Å². The standard InChI is InChI=1S/C18H24N4O2S/c23-16(12-21-8-10-24-11-9-21)13-25-18-19-17(14-6-7-14)22(20-18)15-4-2-1-3-5-15/h1-5,14,16,23H,6-13H2/p+1/t16-/m1/s1. The van der Waals surface area contributed by atoms with Crippen LogP contribution in [0.1, 0.15) is 24.6 Å². The topological polar surface area (TPSA) is 64.6 Å². The fourth-order valence-corrected chi connectivity index (χ4v) is 3.91. The Morgan fingerprint density at radius 1 is 1.24 bits per heavy atom. The number of thioether (sulfide) groups is 1. The predicted molar refractivity (Wildman–Crippen MR) is 96.4 cm³/mol. The molecular weight excluding hydrogens is 336 g/mol. The molecule has 0 unspecified atom stereocenters. The molecular formula is C18H25N4O2S+. The molecule has 1 aliphatic heterocycles. The summed E-state index contributed by atoms with van der Waals surface area (Å²) in [5, 5.41) is 15.8. The normalized spacial score (nSPS) is 19.9. The van der Waals surface area contributed by atoms with Crippen molar-refractivity contribution < 1.29 is 14.7 Å². The highest BCUT2D eigenvalue weighted by atomic mass is 32.2. The monoisotopic (exact) mass is 361 g/mol. The van der Waals surface area contributed by atoms with Gasteiger partial charge in [0.05, 0.1) is 18.9 Å². The van der Waals surface area contributed by atoms with Crippen molar-refractivity contribution in [3.63, 3.8) is 0 Å². The van der Waals surface area contributed by atoms with Gasteiger partial charge < -0.3 is 14.7 Å². The van der Waals surface area contributed by atoms with Gasteiger partial charge in [0.2, 0.25) is 5.16 Å². The van der Waals surface area contributed by atoms with E-state index in [1.165, 1.54) is 17.7 Å². The number of morpholine rings is 1. The first-order chi connectivity index (χ1) is 12.3. The van der Waals surface area contributed by atoms with Crippen LogP contribution in [0.3, 0.4) is 0 Å². The van der Waals surface area contributed by atoms with Gasteiger partial charge in [-0.2, -0.15) is 0 Å². The number of aliphatic hydroxyl groups is 1. The number of hydrogen-bond acceptors (Lipinski definition) is 5. The summed E-state index contributed by atoms with van der Waals surface area (Å²) in [5.41, 5.74) is 1.06. The van der Waals surface area contributed by atoms with E-state index in [0.717, 1.165) is 49.5 Å². The molecule has 0 spiro atoms. The predicted octanol–water partition coefficient (Wildman–Crippen LogP) is 0.513. The lowest BCUT2D eigenvalue weighted by Gasteiger charge is -2.25. The van der Waals surface area contributed by atoms with E-state index in [0.29, 0.717) is 11.7 Å². The number of quaternary nitrogens is 1. The third-order valence-corrected chi connectivity index (χ3v) is 5.67. The molecule has 25 heavy (non-hydrogen) atoms. The van der Waals surface area contributed by atoms with Gasteiger partial charge in [0.15, 0.2) is 0 Å². The van der Waals surface area contributed by atoms with Gasteiger partial charge in [-0.15, -0.1) is 5.10 Å². The molecule has 1 saturated heterocycles. The van der Waals surface area contributed by atoms with E-state index in [1.807, 2.05) is 22.9 Å². The Hall–Kier alpha value is -1.41. The average molecular weight is 361 g/mol. The number of nitrogens with one attached hydrogen (secondary N) is 1. The highest BCUT2D eigenvalue weighted by Crippen LogP contribution is 2.40. The molecule has 0 bridgehead atoms. The molecule has 7 heteroatoms. The minimum absolute atomic E-state index is 0.342. The largest absolute Gasteiger partial charge is 0.386 e. The summed E-state index contributed by atoms with van der Waals surface area (Å²) >= 11 is 1.55. The maximum atomic E-state index is 10.3. The van der Waals surface area contributed by atoms with Gasteiger partial charge in [0, 0.05) is 11.7 Å². The molecule has 1 aromatic carbocycles. The summed E-state index contributed by atoms with van der Waals surface area (Å²) < 4.78 is 7.34. The Kier molecular flexibility index (Phi) is 5.36. The molecule has 134 valence electrons. The van der Waals surface area contributed by atoms with E-state index >= 15 is 0 Å². The van der Waals surface area contributed by atoms with Crippen LogP contribution < -0.4 is 4.90 Å². The van der Waals surface area contributed by atoms with Crippen LogP contribution in [0.4, 0.5) is 0 Å². The first-order valence-corrected chi connectivity index (χ1v) is 10.0. The fourth-order valence-electron chi connectivity index (χ4n) is 3.16. The van der Waals surface area contributed by atoms with Crippen LogP contribution in [0.25, 0.3) is 5.69 Å². The van der Waals surface area contributed by atoms with E-state index in [-0.39, 0.29) is 6.10 Å². The van der Waals surface area contributed by atoms with E-state index in [1.54, 1.807) is 11.8 Å². The maximum Gasteiger partial charge on any atom is 0.209 e. The molecule has 2 aromatic rings. The van der Waals surface area contributed by atoms with Crippen LogP contribution in [0.15, 0.2) is 35.5 Å². The van der Waals surface area contributed by atoms with Gasteiger partial charge in [-0.1, -0.05) is 30.0 Å². The van der Waals surface area contributed by atoms with Crippen molar-refractivity contribution in [3.8, 4) is 5.69 Å². The highest BCUT2D eigenvalue weighted by Gasteiger charge is 2.30. The average Bonchev–Trinajstić information content (AvgIpc) is 3.41. The quantitative estimate of drug-likeness (QED) is 0.704. The van der Waals surface area contributed by atoms with Crippen molar-refractivity contribution in [2.75, 3.05) is 38.6 Å². The molecule has 2 aliphatic rings. The lowest BCUT2D eigenvalue weighted by Crippen LogP contribution is -3.15. The lowest BCUT2D eigenvalue weighted by atomic mass is 10.3. The van der Waals surface area contributed by atoms with Crippen LogP contribution in [0.2, 0.25) is 0 Å². The molecule has 1 saturated carbocycles. The molecule has 1 aliphatic carbocycles. The second-order valence-electron chi connectivity index (χ2n) is 6.81. The van der Waals surface area contributed by atoms with E-state index in [4.69, 9.17) is 14.8 Å². The minimum Gasteiger partial charge on any atom is -0.386 e. The zero-order valence-corrected chi connectivity index (χ0v) is 15.1. The molecule has 6 nitrogen and oxygen atoms in total. The van der Waals surface area contributed by atoms with Crippen molar-refractivity contribution in [3.05, 3.63) is 36.2 Å². The maximum absolute atomic E-state index is 10.3. The molecule has 2 fully saturated rings. The third-order valence-electron chi connectivity index (χ3n) is 4.69. The number of nitrogens with zero attached hydrogens (tertiary/aromatic N) is 3. The van der Waals surface area contributed by atoms with Crippen LogP contribution >= 0.6 is 11.8 Å². The van der Waals surface area contributed by atoms with Crippen LogP contribution in [-0.4, -0.2) is 64.6 Å². The number of hydrogen-bond donors (Lipinski definition) is 2. The van der Waals surface area contributed by atoms with Gasteiger partial charge in [0.1, 0.15) is 31.6 Å². The van der Waals surface area contributed by atoms with E-state index < -0.39 is 0 Å². The van der Waals surface area contributed by atoms with Crippen LogP contribution in [-0.2, 0) is 4.74 Å². The second-order valence-corrected chi connectivity index (χ2v) is 7.79. The number of para-hydroxylation sites is 1. The third kappa shape index (κ3) is 4.41. The summed E-state index contributed by atoms with van der Waals surface area (Å²) in [4.78, 5) is 6.16. The van der Waals surface area contributed by atoms with Crippen molar-refractivity contribution in [2.24, 2.45) is 0 Å². The number of aliphatic hydroxyl groups excluding tert-OH is 1. The van der Waals surface area contributed by atoms with Gasteiger partial charge in [-0.3, -0.25) is 0 Å². The Morgan fingerprint density at radius 3 is 2.72 bits per heavy atom. The zero-order valence-electron chi connectivity index (χ0n) is 14.3. The zero-order chi connectivity index (χ0) is 17.1. The fraction of sp³-hybridized carbons (Fsp3) is 0.556. The molecule has 1 atom stereocenters. The van der Waals surface area contributed by atoms with Crippen molar-refractivity contribution in [1.82, 2.24) is 14.8 Å². The van der Waals surface area contributed by atoms with Crippen LogP contribution in [0, 0.1) is 0 Å². The van der Waals surface area contributed by atoms with Crippen molar-refractivity contribution >= 4 is 11.8 Å². The molecule has 0 radical (unpaired) electrons. The summed E-state index contributed by atoms with van der Waals surface area (Å²) in [6.45, 7) is 4.32. The number of rotatable bonds is 7. The SMILES string of the molecule is O[C@@H](CSc1nc(C2CC2)n(-c2ccccc2)n1)C[NH+]1CCOCC1. The molecule has 0 amide bonds. The second kappa shape index (κ2) is 7.86. The summed E-state index contributed by atoms with van der Waals surface area (Å²) in [6.07, 6.45) is 2.04. The Balaban J connectivity index is 1.39. The first-order valence-electron chi connectivity index (χ1n) is 9.04. The number of ether oxygens (including phenoxy) is 1. The Morgan fingerprint density at radius 2 is 2.00 bits per heavy atom. The van der Waals surface area contributed by atoms with Gasteiger partial charge >= 0.3 is 0 Å².